The Hall–Kier alpha value is -2.74. The van der Waals surface area contributed by atoms with E-state index in [1.807, 2.05) is 26.0 Å². The van der Waals surface area contributed by atoms with Crippen molar-refractivity contribution in [3.8, 4) is 0 Å². The quantitative estimate of drug-likeness (QED) is 0.545. The molecule has 2 heterocycles. The van der Waals surface area contributed by atoms with Crippen LogP contribution >= 0.6 is 0 Å². The van der Waals surface area contributed by atoms with Gasteiger partial charge in [-0.05, 0) is 42.3 Å². The fourth-order valence-electron chi connectivity index (χ4n) is 4.91. The molecule has 152 valence electrons. The summed E-state index contributed by atoms with van der Waals surface area (Å²) >= 11 is 0. The molecule has 0 aromatic heterocycles. The van der Waals surface area contributed by atoms with Crippen molar-refractivity contribution in [1.29, 1.82) is 0 Å². The van der Waals surface area contributed by atoms with Crippen molar-refractivity contribution in [1.82, 2.24) is 0 Å². The van der Waals surface area contributed by atoms with Gasteiger partial charge in [0.25, 0.3) is 0 Å². The molecule has 29 heavy (non-hydrogen) atoms. The Balaban J connectivity index is 0.00000117. The predicted octanol–water partition coefficient (Wildman–Crippen LogP) is 7.27. The zero-order valence-corrected chi connectivity index (χ0v) is 18.5. The van der Waals surface area contributed by atoms with Crippen molar-refractivity contribution < 1.29 is 0 Å². The molecule has 0 spiro atoms. The van der Waals surface area contributed by atoms with Gasteiger partial charge in [0.15, 0.2) is 0 Å². The summed E-state index contributed by atoms with van der Waals surface area (Å²) < 4.78 is 0. The van der Waals surface area contributed by atoms with Gasteiger partial charge in [-0.2, -0.15) is 0 Å². The van der Waals surface area contributed by atoms with Crippen LogP contribution in [0.2, 0.25) is 0 Å². The van der Waals surface area contributed by atoms with Gasteiger partial charge in [-0.15, -0.1) is 0 Å². The monoisotopic (exact) mass is 386 g/mol. The Morgan fingerprint density at radius 2 is 1.45 bits per heavy atom. The van der Waals surface area contributed by atoms with Crippen molar-refractivity contribution in [3.05, 3.63) is 96.9 Å². The summed E-state index contributed by atoms with van der Waals surface area (Å²) in [6.07, 6.45) is 5.25. The van der Waals surface area contributed by atoms with Crippen molar-refractivity contribution in [2.24, 2.45) is 5.92 Å². The van der Waals surface area contributed by atoms with E-state index in [4.69, 9.17) is 0 Å². The fourth-order valence-corrected chi connectivity index (χ4v) is 4.91. The van der Waals surface area contributed by atoms with Crippen molar-refractivity contribution in [2.75, 3.05) is 9.80 Å². The summed E-state index contributed by atoms with van der Waals surface area (Å²) in [5, 5.41) is 0. The predicted molar refractivity (Wildman–Crippen MR) is 127 cm³/mol. The minimum absolute atomic E-state index is 0.105. The van der Waals surface area contributed by atoms with Gasteiger partial charge in [0, 0.05) is 22.7 Å². The highest BCUT2D eigenvalue weighted by Crippen LogP contribution is 2.54. The van der Waals surface area contributed by atoms with Gasteiger partial charge in [-0.25, -0.2) is 0 Å². The third-order valence-electron chi connectivity index (χ3n) is 6.70. The van der Waals surface area contributed by atoms with E-state index in [9.17, 15) is 0 Å². The molecule has 2 aromatic carbocycles. The minimum atomic E-state index is 0.105. The molecule has 0 saturated carbocycles. The number of anilines is 2. The van der Waals surface area contributed by atoms with Crippen LogP contribution in [-0.4, -0.2) is 6.17 Å². The molecular formula is C27H34N2. The highest BCUT2D eigenvalue weighted by molar-refractivity contribution is 5.75. The van der Waals surface area contributed by atoms with Crippen molar-refractivity contribution >= 4 is 11.4 Å². The standard InChI is InChI=1S/C25H28N2.C2H6/c1-6-21-22(7-2)27-23-17-13-12-16-20(23)25(5,8-3)18(4)24(27)26(21)19-14-10-9-11-15-19;1-2/h6-7,9-18,24H,1-2,8H2,3-5H3;1-2H3. The van der Waals surface area contributed by atoms with Gasteiger partial charge in [0.1, 0.15) is 6.17 Å². The van der Waals surface area contributed by atoms with E-state index in [1.165, 1.54) is 16.9 Å². The Morgan fingerprint density at radius 3 is 2.03 bits per heavy atom. The molecule has 0 N–H and O–H groups in total. The summed E-state index contributed by atoms with van der Waals surface area (Å²) in [6, 6.07) is 19.5. The van der Waals surface area contributed by atoms with Crippen LogP contribution < -0.4 is 9.80 Å². The number of hydrogen-bond acceptors (Lipinski definition) is 2. The SMILES string of the molecule is C=CC1=C(C=C)N2c3ccccc3C(C)(CC)C(C)C2N1c1ccccc1.CC. The lowest BCUT2D eigenvalue weighted by molar-refractivity contribution is 0.246. The summed E-state index contributed by atoms with van der Waals surface area (Å²) in [6.45, 7) is 19.4. The molecule has 0 radical (unpaired) electrons. The first-order valence-electron chi connectivity index (χ1n) is 10.8. The summed E-state index contributed by atoms with van der Waals surface area (Å²) in [5.41, 5.74) is 6.28. The van der Waals surface area contributed by atoms with Gasteiger partial charge in [0.2, 0.25) is 0 Å². The third kappa shape index (κ3) is 3.02. The van der Waals surface area contributed by atoms with Gasteiger partial charge in [-0.3, -0.25) is 0 Å². The zero-order chi connectivity index (χ0) is 21.2. The van der Waals surface area contributed by atoms with Crippen LogP contribution in [0.5, 0.6) is 0 Å². The normalized spacial score (nSPS) is 25.0. The first-order valence-corrected chi connectivity index (χ1v) is 10.8. The van der Waals surface area contributed by atoms with Crippen LogP contribution in [-0.2, 0) is 5.41 Å². The van der Waals surface area contributed by atoms with E-state index in [2.05, 4.69) is 98.3 Å². The number of rotatable bonds is 4. The Morgan fingerprint density at radius 1 is 0.897 bits per heavy atom. The molecular weight excluding hydrogens is 352 g/mol. The maximum absolute atomic E-state index is 4.14. The number of allylic oxidation sites excluding steroid dienone is 2. The maximum atomic E-state index is 4.14. The third-order valence-corrected chi connectivity index (χ3v) is 6.70. The second kappa shape index (κ2) is 8.32. The van der Waals surface area contributed by atoms with E-state index in [0.29, 0.717) is 5.92 Å². The molecule has 2 aliphatic rings. The average Bonchev–Trinajstić information content (AvgIpc) is 3.13. The van der Waals surface area contributed by atoms with E-state index in [-0.39, 0.29) is 11.6 Å². The number of nitrogens with zero attached hydrogens (tertiary/aromatic N) is 2. The summed E-state index contributed by atoms with van der Waals surface area (Å²) in [7, 11) is 0. The summed E-state index contributed by atoms with van der Waals surface area (Å²) in [4.78, 5) is 4.91. The van der Waals surface area contributed by atoms with Crippen LogP contribution in [0.1, 0.15) is 46.6 Å². The average molecular weight is 387 g/mol. The Labute approximate surface area is 176 Å². The second-order valence-electron chi connectivity index (χ2n) is 7.74. The van der Waals surface area contributed by atoms with Gasteiger partial charge in [0.05, 0.1) is 11.4 Å². The van der Waals surface area contributed by atoms with Crippen LogP contribution in [0.3, 0.4) is 0 Å². The second-order valence-corrected chi connectivity index (χ2v) is 7.74. The van der Waals surface area contributed by atoms with Crippen LogP contribution in [0, 0.1) is 5.92 Å². The molecule has 2 aromatic rings. The number of hydrogen-bond donors (Lipinski definition) is 0. The topological polar surface area (TPSA) is 6.48 Å². The number of para-hydroxylation sites is 2. The number of benzene rings is 2. The lowest BCUT2D eigenvalue weighted by Gasteiger charge is -2.51. The van der Waals surface area contributed by atoms with Crippen molar-refractivity contribution in [3.63, 3.8) is 0 Å². The van der Waals surface area contributed by atoms with Crippen molar-refractivity contribution in [2.45, 2.75) is 52.6 Å². The molecule has 4 rings (SSSR count). The fraction of sp³-hybridized carbons (Fsp3) is 0.333. The van der Waals surface area contributed by atoms with E-state index in [1.54, 1.807) is 0 Å². The first-order chi connectivity index (χ1) is 14.1. The van der Waals surface area contributed by atoms with Crippen LogP contribution in [0.4, 0.5) is 11.4 Å². The Kier molecular flexibility index (Phi) is 6.02. The zero-order valence-electron chi connectivity index (χ0n) is 18.5. The lowest BCUT2D eigenvalue weighted by atomic mass is 9.66. The maximum Gasteiger partial charge on any atom is 0.114 e. The molecule has 0 aliphatic carbocycles. The summed E-state index contributed by atoms with van der Waals surface area (Å²) in [5.74, 6) is 0.421. The molecule has 2 heteroatoms. The molecule has 0 fully saturated rings. The molecule has 3 atom stereocenters. The van der Waals surface area contributed by atoms with Crippen LogP contribution in [0.25, 0.3) is 0 Å². The highest BCUT2D eigenvalue weighted by Gasteiger charge is 2.52. The van der Waals surface area contributed by atoms with Gasteiger partial charge in [-0.1, -0.05) is 84.2 Å². The molecule has 2 aliphatic heterocycles. The van der Waals surface area contributed by atoms with E-state index in [0.717, 1.165) is 17.8 Å². The Bertz CT molecular complexity index is 911. The lowest BCUT2D eigenvalue weighted by Crippen LogP contribution is -2.55. The van der Waals surface area contributed by atoms with E-state index < -0.39 is 0 Å². The smallest absolute Gasteiger partial charge is 0.114 e. The first kappa shape index (κ1) is 21.0. The van der Waals surface area contributed by atoms with Crippen LogP contribution in [0.15, 0.2) is 91.3 Å². The molecule has 2 nitrogen and oxygen atoms in total. The molecule has 0 amide bonds. The molecule has 0 bridgehead atoms. The highest BCUT2D eigenvalue weighted by atomic mass is 15.4. The van der Waals surface area contributed by atoms with Gasteiger partial charge < -0.3 is 9.80 Å². The van der Waals surface area contributed by atoms with E-state index >= 15 is 0 Å². The molecule has 3 unspecified atom stereocenters. The largest absolute Gasteiger partial charge is 0.318 e. The van der Waals surface area contributed by atoms with Gasteiger partial charge >= 0.3 is 0 Å². The number of fused-ring (bicyclic) bond motifs is 3. The minimum Gasteiger partial charge on any atom is -0.318 e. The molecule has 0 saturated heterocycles.